The second-order valence-corrected chi connectivity index (χ2v) is 6.78. The Labute approximate surface area is 165 Å². The molecule has 1 aliphatic heterocycles. The molecule has 0 aliphatic carbocycles. The van der Waals surface area contributed by atoms with Crippen LogP contribution in [0.25, 0.3) is 11.1 Å². The number of aromatic nitrogens is 3. The minimum atomic E-state index is -2.64. The van der Waals surface area contributed by atoms with Crippen LogP contribution in [-0.4, -0.2) is 27.4 Å². The fourth-order valence-electron chi connectivity index (χ4n) is 3.59. The number of halogens is 2. The third kappa shape index (κ3) is 3.75. The molecule has 2 N–H and O–H groups in total. The average molecular weight is 399 g/mol. The highest BCUT2D eigenvalue weighted by Gasteiger charge is 2.25. The largest absolute Gasteiger partial charge is 0.411 e. The molecule has 0 bridgehead atoms. The van der Waals surface area contributed by atoms with Crippen LogP contribution in [0.5, 0.6) is 5.88 Å². The van der Waals surface area contributed by atoms with Crippen LogP contribution in [0.3, 0.4) is 0 Å². The smallest absolute Gasteiger partial charge is 0.391 e. The zero-order chi connectivity index (χ0) is 20.5. The lowest BCUT2D eigenvalue weighted by atomic mass is 9.93. The SMILES string of the molecule is Cn1cc(-c2cc3c(cc2C(F)F)N(c2cccc(OC(N)=O)n2)CCC3)cn1. The number of nitrogens with two attached hydrogens (primary N) is 1. The molecule has 0 unspecified atom stereocenters. The van der Waals surface area contributed by atoms with Crippen LogP contribution < -0.4 is 15.4 Å². The summed E-state index contributed by atoms with van der Waals surface area (Å²) in [7, 11) is 1.75. The highest BCUT2D eigenvalue weighted by Crippen LogP contribution is 2.41. The van der Waals surface area contributed by atoms with Crippen LogP contribution in [0.2, 0.25) is 0 Å². The third-order valence-corrected chi connectivity index (χ3v) is 4.81. The lowest BCUT2D eigenvalue weighted by Crippen LogP contribution is -2.26. The van der Waals surface area contributed by atoms with Gasteiger partial charge >= 0.3 is 6.09 Å². The Bertz CT molecular complexity index is 1070. The molecule has 29 heavy (non-hydrogen) atoms. The normalized spacial score (nSPS) is 13.4. The number of carbonyl (C=O) groups is 1. The minimum absolute atomic E-state index is 0.0585. The van der Waals surface area contributed by atoms with Crippen LogP contribution in [0.15, 0.2) is 42.7 Å². The van der Waals surface area contributed by atoms with Gasteiger partial charge in [-0.25, -0.2) is 13.6 Å². The van der Waals surface area contributed by atoms with Gasteiger partial charge < -0.3 is 15.4 Å². The lowest BCUT2D eigenvalue weighted by Gasteiger charge is -2.31. The van der Waals surface area contributed by atoms with E-state index in [1.165, 1.54) is 12.1 Å². The number of pyridine rings is 1. The second-order valence-electron chi connectivity index (χ2n) is 6.78. The first-order valence-electron chi connectivity index (χ1n) is 9.08. The molecular formula is C20H19F2N5O2. The molecule has 0 radical (unpaired) electrons. The number of amides is 1. The molecule has 1 aliphatic rings. The summed E-state index contributed by atoms with van der Waals surface area (Å²) in [4.78, 5) is 17.2. The number of anilines is 2. The lowest BCUT2D eigenvalue weighted by molar-refractivity contribution is 0.152. The van der Waals surface area contributed by atoms with Gasteiger partial charge in [0.05, 0.1) is 6.20 Å². The highest BCUT2D eigenvalue weighted by molar-refractivity contribution is 5.76. The van der Waals surface area contributed by atoms with Crippen molar-refractivity contribution in [2.75, 3.05) is 11.4 Å². The molecule has 3 heterocycles. The highest BCUT2D eigenvalue weighted by atomic mass is 19.3. The fourth-order valence-corrected chi connectivity index (χ4v) is 3.59. The molecular weight excluding hydrogens is 380 g/mol. The summed E-state index contributed by atoms with van der Waals surface area (Å²) in [5.74, 6) is 0.558. The van der Waals surface area contributed by atoms with Gasteiger partial charge in [0, 0.05) is 42.7 Å². The molecule has 3 aromatic rings. The maximum absolute atomic E-state index is 13.9. The maximum Gasteiger partial charge on any atom is 0.411 e. The van der Waals surface area contributed by atoms with Crippen LogP contribution in [0.4, 0.5) is 25.1 Å². The molecule has 7 nitrogen and oxygen atoms in total. The predicted molar refractivity (Wildman–Crippen MR) is 103 cm³/mol. The number of primary amides is 1. The zero-order valence-electron chi connectivity index (χ0n) is 15.7. The van der Waals surface area contributed by atoms with Crippen LogP contribution in [-0.2, 0) is 13.5 Å². The summed E-state index contributed by atoms with van der Waals surface area (Å²) >= 11 is 0. The first-order valence-corrected chi connectivity index (χ1v) is 9.08. The Hall–Kier alpha value is -3.49. The van der Waals surface area contributed by atoms with Gasteiger partial charge in [0.25, 0.3) is 6.43 Å². The van der Waals surface area contributed by atoms with E-state index in [0.29, 0.717) is 29.2 Å². The van der Waals surface area contributed by atoms with Crippen molar-refractivity contribution in [3.8, 4) is 17.0 Å². The van der Waals surface area contributed by atoms with Crippen LogP contribution in [0.1, 0.15) is 24.0 Å². The number of nitrogens with zero attached hydrogens (tertiary/aromatic N) is 4. The Balaban J connectivity index is 1.80. The van der Waals surface area contributed by atoms with Crippen LogP contribution in [0, 0.1) is 0 Å². The van der Waals surface area contributed by atoms with E-state index in [-0.39, 0.29) is 11.4 Å². The van der Waals surface area contributed by atoms with Crippen LogP contribution >= 0.6 is 0 Å². The molecule has 1 amide bonds. The van der Waals surface area contributed by atoms with Gasteiger partial charge in [-0.1, -0.05) is 6.07 Å². The Kier molecular flexibility index (Phi) is 4.87. The standard InChI is InChI=1S/C20H19F2N5O2/c1-26-11-13(10-24-26)14-8-12-4-3-7-27(16(12)9-15(14)19(21)22)17-5-2-6-18(25-17)29-20(23)28/h2,5-6,8-11,19H,3-4,7H2,1H3,(H2,23,28). The van der Waals surface area contributed by atoms with E-state index in [4.69, 9.17) is 10.5 Å². The van der Waals surface area contributed by atoms with Crippen molar-refractivity contribution in [2.24, 2.45) is 12.8 Å². The van der Waals surface area contributed by atoms with E-state index < -0.39 is 12.5 Å². The molecule has 2 aromatic heterocycles. The van der Waals surface area contributed by atoms with Gasteiger partial charge in [0.1, 0.15) is 5.82 Å². The van der Waals surface area contributed by atoms with Gasteiger partial charge in [-0.2, -0.15) is 10.1 Å². The summed E-state index contributed by atoms with van der Waals surface area (Å²) in [6, 6.07) is 8.25. The van der Waals surface area contributed by atoms with Gasteiger partial charge in [-0.05, 0) is 42.2 Å². The number of carbonyl (C=O) groups excluding carboxylic acids is 1. The molecule has 4 rings (SSSR count). The summed E-state index contributed by atoms with van der Waals surface area (Å²) in [6.07, 6.45) is 1.29. The maximum atomic E-state index is 13.9. The number of hydrogen-bond acceptors (Lipinski definition) is 5. The molecule has 9 heteroatoms. The molecule has 0 saturated carbocycles. The van der Waals surface area contributed by atoms with Crippen molar-refractivity contribution in [3.05, 3.63) is 53.9 Å². The first-order chi connectivity index (χ1) is 13.9. The predicted octanol–water partition coefficient (Wildman–Crippen LogP) is 3.96. The number of rotatable bonds is 4. The molecule has 0 spiro atoms. The monoisotopic (exact) mass is 399 g/mol. The number of fused-ring (bicyclic) bond motifs is 1. The molecule has 0 fully saturated rings. The number of hydrogen-bond donors (Lipinski definition) is 1. The van der Waals surface area contributed by atoms with Crippen molar-refractivity contribution in [1.82, 2.24) is 14.8 Å². The van der Waals surface area contributed by atoms with Gasteiger partial charge in [0.15, 0.2) is 0 Å². The van der Waals surface area contributed by atoms with E-state index in [9.17, 15) is 13.6 Å². The van der Waals surface area contributed by atoms with Crippen molar-refractivity contribution in [1.29, 1.82) is 0 Å². The first kappa shape index (κ1) is 18.9. The van der Waals surface area contributed by atoms with Crippen molar-refractivity contribution < 1.29 is 18.3 Å². The van der Waals surface area contributed by atoms with E-state index in [1.807, 2.05) is 11.0 Å². The Morgan fingerprint density at radius 2 is 2.14 bits per heavy atom. The summed E-state index contributed by atoms with van der Waals surface area (Å²) < 4.78 is 34.2. The molecule has 0 saturated heterocycles. The Morgan fingerprint density at radius 3 is 2.83 bits per heavy atom. The summed E-state index contributed by atoms with van der Waals surface area (Å²) in [5.41, 5.74) is 7.74. The quantitative estimate of drug-likeness (QED) is 0.718. The van der Waals surface area contributed by atoms with Crippen molar-refractivity contribution >= 4 is 17.6 Å². The van der Waals surface area contributed by atoms with Crippen molar-refractivity contribution in [3.63, 3.8) is 0 Å². The van der Waals surface area contributed by atoms with Gasteiger partial charge in [-0.15, -0.1) is 0 Å². The van der Waals surface area contributed by atoms with E-state index >= 15 is 0 Å². The van der Waals surface area contributed by atoms with E-state index in [1.54, 1.807) is 36.3 Å². The third-order valence-electron chi connectivity index (χ3n) is 4.81. The molecule has 0 atom stereocenters. The van der Waals surface area contributed by atoms with Gasteiger partial charge in [-0.3, -0.25) is 4.68 Å². The topological polar surface area (TPSA) is 86.3 Å². The van der Waals surface area contributed by atoms with Gasteiger partial charge in [0.2, 0.25) is 5.88 Å². The van der Waals surface area contributed by atoms with E-state index in [0.717, 1.165) is 18.4 Å². The summed E-state index contributed by atoms with van der Waals surface area (Å²) in [5, 5.41) is 4.10. The second kappa shape index (κ2) is 7.50. The van der Waals surface area contributed by atoms with E-state index in [2.05, 4.69) is 10.1 Å². The minimum Gasteiger partial charge on any atom is -0.391 e. The number of ether oxygens (including phenoxy) is 1. The summed E-state index contributed by atoms with van der Waals surface area (Å²) in [6.45, 7) is 0.606. The number of aryl methyl sites for hydroxylation is 2. The fraction of sp³-hybridized carbons (Fsp3) is 0.250. The Morgan fingerprint density at radius 1 is 1.31 bits per heavy atom. The molecule has 1 aromatic carbocycles. The number of benzene rings is 1. The average Bonchev–Trinajstić information content (AvgIpc) is 3.12. The molecule has 150 valence electrons. The zero-order valence-corrected chi connectivity index (χ0v) is 15.7. The van der Waals surface area contributed by atoms with Crippen molar-refractivity contribution in [2.45, 2.75) is 19.3 Å². The number of alkyl halides is 2.